The molecular formula is C14H20O2. The molecule has 0 saturated carbocycles. The molecule has 0 amide bonds. The van der Waals surface area contributed by atoms with Crippen molar-refractivity contribution >= 4 is 5.78 Å². The van der Waals surface area contributed by atoms with Gasteiger partial charge in [-0.3, -0.25) is 4.79 Å². The Morgan fingerprint density at radius 1 is 1.38 bits per heavy atom. The molecule has 16 heavy (non-hydrogen) atoms. The van der Waals surface area contributed by atoms with Crippen LogP contribution in [0.25, 0.3) is 0 Å². The number of hydrogen-bond donors (Lipinski definition) is 0. The summed E-state index contributed by atoms with van der Waals surface area (Å²) in [6, 6.07) is 5.93. The van der Waals surface area contributed by atoms with Crippen LogP contribution in [0.1, 0.15) is 41.8 Å². The quantitative estimate of drug-likeness (QED) is 0.712. The number of ketones is 1. The van der Waals surface area contributed by atoms with Gasteiger partial charge in [0.15, 0.2) is 5.78 Å². The molecule has 0 bridgehead atoms. The standard InChI is InChI=1S/C14H20O2/c1-5-8-16-12(4)14(15)13-9-10(2)6-7-11(13)3/h6-7,9,12H,5,8H2,1-4H3. The highest BCUT2D eigenvalue weighted by atomic mass is 16.5. The van der Waals surface area contributed by atoms with Gasteiger partial charge in [-0.25, -0.2) is 0 Å². The Morgan fingerprint density at radius 2 is 2.06 bits per heavy atom. The molecule has 1 aromatic rings. The van der Waals surface area contributed by atoms with Crippen LogP contribution in [0.2, 0.25) is 0 Å². The molecule has 2 nitrogen and oxygen atoms in total. The zero-order valence-corrected chi connectivity index (χ0v) is 10.5. The maximum absolute atomic E-state index is 12.1. The molecule has 1 aromatic carbocycles. The van der Waals surface area contributed by atoms with Crippen LogP contribution in [0.5, 0.6) is 0 Å². The van der Waals surface area contributed by atoms with E-state index in [0.717, 1.165) is 23.1 Å². The summed E-state index contributed by atoms with van der Waals surface area (Å²) < 4.78 is 5.45. The first kappa shape index (κ1) is 12.9. The summed E-state index contributed by atoms with van der Waals surface area (Å²) >= 11 is 0. The van der Waals surface area contributed by atoms with Gasteiger partial charge in [0.1, 0.15) is 6.10 Å². The Bertz CT molecular complexity index is 369. The van der Waals surface area contributed by atoms with Gasteiger partial charge in [-0.1, -0.05) is 24.6 Å². The Hall–Kier alpha value is -1.15. The number of carbonyl (C=O) groups is 1. The van der Waals surface area contributed by atoms with E-state index in [1.165, 1.54) is 0 Å². The zero-order chi connectivity index (χ0) is 12.1. The summed E-state index contributed by atoms with van der Waals surface area (Å²) in [5, 5.41) is 0. The van der Waals surface area contributed by atoms with Crippen molar-refractivity contribution in [2.75, 3.05) is 6.61 Å². The van der Waals surface area contributed by atoms with Crippen molar-refractivity contribution in [3.05, 3.63) is 34.9 Å². The van der Waals surface area contributed by atoms with Crippen LogP contribution in [0.4, 0.5) is 0 Å². The third kappa shape index (κ3) is 3.17. The first-order chi connectivity index (χ1) is 7.56. The Kier molecular flexibility index (Phi) is 4.69. The number of aryl methyl sites for hydroxylation is 2. The fraction of sp³-hybridized carbons (Fsp3) is 0.500. The zero-order valence-electron chi connectivity index (χ0n) is 10.5. The number of rotatable bonds is 5. The van der Waals surface area contributed by atoms with Gasteiger partial charge in [-0.15, -0.1) is 0 Å². The number of benzene rings is 1. The fourth-order valence-corrected chi connectivity index (χ4v) is 1.59. The molecule has 88 valence electrons. The highest BCUT2D eigenvalue weighted by Gasteiger charge is 2.17. The summed E-state index contributed by atoms with van der Waals surface area (Å²) in [7, 11) is 0. The van der Waals surface area contributed by atoms with Crippen molar-refractivity contribution in [2.24, 2.45) is 0 Å². The van der Waals surface area contributed by atoms with Crippen molar-refractivity contribution in [1.82, 2.24) is 0 Å². The third-order valence-corrected chi connectivity index (χ3v) is 2.60. The molecule has 0 fully saturated rings. The molecule has 0 aliphatic rings. The lowest BCUT2D eigenvalue weighted by atomic mass is 9.99. The molecule has 0 aliphatic carbocycles. The van der Waals surface area contributed by atoms with Gasteiger partial charge in [-0.05, 0) is 38.8 Å². The normalized spacial score (nSPS) is 12.5. The van der Waals surface area contributed by atoms with E-state index in [-0.39, 0.29) is 11.9 Å². The molecule has 0 radical (unpaired) electrons. The minimum atomic E-state index is -0.347. The monoisotopic (exact) mass is 220 g/mol. The maximum Gasteiger partial charge on any atom is 0.191 e. The third-order valence-electron chi connectivity index (χ3n) is 2.60. The molecular weight excluding hydrogens is 200 g/mol. The SMILES string of the molecule is CCCOC(C)C(=O)c1cc(C)ccc1C. The van der Waals surface area contributed by atoms with E-state index >= 15 is 0 Å². The van der Waals surface area contributed by atoms with Gasteiger partial charge >= 0.3 is 0 Å². The minimum Gasteiger partial charge on any atom is -0.370 e. The Morgan fingerprint density at radius 3 is 2.69 bits per heavy atom. The molecule has 1 atom stereocenters. The lowest BCUT2D eigenvalue weighted by Crippen LogP contribution is -2.22. The van der Waals surface area contributed by atoms with E-state index < -0.39 is 0 Å². The highest BCUT2D eigenvalue weighted by molar-refractivity contribution is 6.00. The molecule has 1 unspecified atom stereocenters. The summed E-state index contributed by atoms with van der Waals surface area (Å²) in [4.78, 5) is 12.1. The van der Waals surface area contributed by atoms with Gasteiger partial charge in [-0.2, -0.15) is 0 Å². The lowest BCUT2D eigenvalue weighted by molar-refractivity contribution is 0.0478. The molecule has 0 saturated heterocycles. The predicted octanol–water partition coefficient (Wildman–Crippen LogP) is 3.30. The van der Waals surface area contributed by atoms with Crippen LogP contribution in [0.3, 0.4) is 0 Å². The number of hydrogen-bond acceptors (Lipinski definition) is 2. The smallest absolute Gasteiger partial charge is 0.191 e. The van der Waals surface area contributed by atoms with Gasteiger partial charge in [0.2, 0.25) is 0 Å². The van der Waals surface area contributed by atoms with Gasteiger partial charge < -0.3 is 4.74 Å². The van der Waals surface area contributed by atoms with Gasteiger partial charge in [0, 0.05) is 12.2 Å². The molecule has 0 N–H and O–H groups in total. The average Bonchev–Trinajstić information content (AvgIpc) is 2.28. The predicted molar refractivity (Wildman–Crippen MR) is 66.0 cm³/mol. The fourth-order valence-electron chi connectivity index (χ4n) is 1.59. The molecule has 0 heterocycles. The molecule has 0 aromatic heterocycles. The first-order valence-electron chi connectivity index (χ1n) is 5.79. The van der Waals surface area contributed by atoms with E-state index in [1.807, 2.05) is 45.9 Å². The number of carbonyl (C=O) groups excluding carboxylic acids is 1. The van der Waals surface area contributed by atoms with Crippen molar-refractivity contribution in [3.63, 3.8) is 0 Å². The second-order valence-corrected chi connectivity index (χ2v) is 4.20. The maximum atomic E-state index is 12.1. The lowest BCUT2D eigenvalue weighted by Gasteiger charge is -2.13. The van der Waals surface area contributed by atoms with Crippen LogP contribution in [0.15, 0.2) is 18.2 Å². The van der Waals surface area contributed by atoms with Crippen molar-refractivity contribution in [2.45, 2.75) is 40.2 Å². The van der Waals surface area contributed by atoms with Gasteiger partial charge in [0.05, 0.1) is 0 Å². The van der Waals surface area contributed by atoms with E-state index in [1.54, 1.807) is 0 Å². The second kappa shape index (κ2) is 5.80. The number of Topliss-reactive ketones (excluding diaryl/α,β-unsaturated/α-hetero) is 1. The summed E-state index contributed by atoms with van der Waals surface area (Å²) in [6.07, 6.45) is 0.588. The summed E-state index contributed by atoms with van der Waals surface area (Å²) in [5.41, 5.74) is 2.91. The highest BCUT2D eigenvalue weighted by Crippen LogP contribution is 2.14. The number of ether oxygens (including phenoxy) is 1. The van der Waals surface area contributed by atoms with Crippen LogP contribution in [-0.4, -0.2) is 18.5 Å². The first-order valence-corrected chi connectivity index (χ1v) is 5.79. The van der Waals surface area contributed by atoms with Crippen molar-refractivity contribution < 1.29 is 9.53 Å². The van der Waals surface area contributed by atoms with E-state index in [9.17, 15) is 4.79 Å². The Balaban J connectivity index is 2.83. The van der Waals surface area contributed by atoms with Gasteiger partial charge in [0.25, 0.3) is 0 Å². The second-order valence-electron chi connectivity index (χ2n) is 4.20. The molecule has 1 rings (SSSR count). The average molecular weight is 220 g/mol. The minimum absolute atomic E-state index is 0.0784. The summed E-state index contributed by atoms with van der Waals surface area (Å²) in [5.74, 6) is 0.0784. The van der Waals surface area contributed by atoms with Crippen LogP contribution >= 0.6 is 0 Å². The van der Waals surface area contributed by atoms with E-state index in [2.05, 4.69) is 0 Å². The Labute approximate surface area is 97.6 Å². The van der Waals surface area contributed by atoms with Crippen molar-refractivity contribution in [1.29, 1.82) is 0 Å². The molecule has 0 spiro atoms. The largest absolute Gasteiger partial charge is 0.370 e. The summed E-state index contributed by atoms with van der Waals surface area (Å²) in [6.45, 7) is 8.44. The molecule has 0 aliphatic heterocycles. The van der Waals surface area contributed by atoms with E-state index in [0.29, 0.717) is 6.61 Å². The van der Waals surface area contributed by atoms with Crippen LogP contribution in [-0.2, 0) is 4.74 Å². The van der Waals surface area contributed by atoms with E-state index in [4.69, 9.17) is 4.74 Å². The van der Waals surface area contributed by atoms with Crippen molar-refractivity contribution in [3.8, 4) is 0 Å². The molecule has 2 heteroatoms. The van der Waals surface area contributed by atoms with Crippen LogP contribution < -0.4 is 0 Å². The topological polar surface area (TPSA) is 26.3 Å². The van der Waals surface area contributed by atoms with Crippen LogP contribution in [0, 0.1) is 13.8 Å².